The Bertz CT molecular complexity index is 386. The highest BCUT2D eigenvalue weighted by Crippen LogP contribution is 2.31. The first kappa shape index (κ1) is 14.8. The Hall–Kier alpha value is -0.650. The predicted octanol–water partition coefficient (Wildman–Crippen LogP) is 2.76. The summed E-state index contributed by atoms with van der Waals surface area (Å²) in [6.07, 6.45) is 5.27. The van der Waals surface area contributed by atoms with Crippen LogP contribution in [0.4, 0.5) is 5.13 Å². The molecule has 4 nitrogen and oxygen atoms in total. The van der Waals surface area contributed by atoms with Crippen LogP contribution in [0, 0.1) is 5.92 Å². The van der Waals surface area contributed by atoms with E-state index in [1.165, 1.54) is 25.7 Å². The molecule has 1 fully saturated rings. The van der Waals surface area contributed by atoms with Gasteiger partial charge in [0.05, 0.1) is 12.3 Å². The fourth-order valence-corrected chi connectivity index (χ4v) is 3.73. The lowest BCUT2D eigenvalue weighted by Gasteiger charge is -2.31. The standard InChI is InChI=1S/C14H25N3OS/c1-3-4-11-5-7-17(8-6-11)14-16-12(10-18-2)13(9-15)19-14/h11H,3-10,15H2,1-2H3. The molecule has 0 aromatic carbocycles. The highest BCUT2D eigenvalue weighted by molar-refractivity contribution is 7.15. The number of hydrogen-bond donors (Lipinski definition) is 1. The van der Waals surface area contributed by atoms with Gasteiger partial charge in [0.15, 0.2) is 5.13 Å². The first-order valence-corrected chi connectivity index (χ1v) is 8.02. The minimum atomic E-state index is 0.558. The molecule has 0 amide bonds. The molecule has 0 aliphatic carbocycles. The largest absolute Gasteiger partial charge is 0.378 e. The van der Waals surface area contributed by atoms with Crippen LogP contribution in [-0.2, 0) is 17.9 Å². The van der Waals surface area contributed by atoms with Gasteiger partial charge in [0, 0.05) is 31.6 Å². The summed E-state index contributed by atoms with van der Waals surface area (Å²) in [6.45, 7) is 5.67. The molecule has 1 aromatic rings. The Balaban J connectivity index is 1.99. The van der Waals surface area contributed by atoms with Crippen molar-refractivity contribution < 1.29 is 4.74 Å². The second kappa shape index (κ2) is 7.22. The second-order valence-corrected chi connectivity index (χ2v) is 6.28. The molecule has 0 spiro atoms. The number of ether oxygens (including phenoxy) is 1. The van der Waals surface area contributed by atoms with Gasteiger partial charge in [-0.05, 0) is 18.8 Å². The van der Waals surface area contributed by atoms with Gasteiger partial charge in [-0.3, -0.25) is 0 Å². The molecule has 1 aliphatic rings. The third-order valence-corrected chi connectivity index (χ3v) is 5.00. The van der Waals surface area contributed by atoms with Gasteiger partial charge in [0.2, 0.25) is 0 Å². The van der Waals surface area contributed by atoms with E-state index in [9.17, 15) is 0 Å². The van der Waals surface area contributed by atoms with Crippen LogP contribution in [-0.4, -0.2) is 25.2 Å². The highest BCUT2D eigenvalue weighted by Gasteiger charge is 2.22. The van der Waals surface area contributed by atoms with Crippen molar-refractivity contribution in [1.29, 1.82) is 0 Å². The van der Waals surface area contributed by atoms with Crippen molar-refractivity contribution in [3.63, 3.8) is 0 Å². The van der Waals surface area contributed by atoms with Crippen molar-refractivity contribution >= 4 is 16.5 Å². The summed E-state index contributed by atoms with van der Waals surface area (Å²) in [5.74, 6) is 0.911. The third kappa shape index (κ3) is 3.68. The molecule has 2 rings (SSSR count). The molecule has 0 atom stereocenters. The minimum Gasteiger partial charge on any atom is -0.378 e. The van der Waals surface area contributed by atoms with Gasteiger partial charge in [0.1, 0.15) is 0 Å². The average Bonchev–Trinajstić information content (AvgIpc) is 2.84. The van der Waals surface area contributed by atoms with Crippen LogP contribution >= 0.6 is 11.3 Å². The number of thiazole rings is 1. The Morgan fingerprint density at radius 2 is 2.16 bits per heavy atom. The molecule has 1 saturated heterocycles. The van der Waals surface area contributed by atoms with Gasteiger partial charge in [-0.25, -0.2) is 4.98 Å². The molecule has 108 valence electrons. The van der Waals surface area contributed by atoms with Crippen LogP contribution < -0.4 is 10.6 Å². The lowest BCUT2D eigenvalue weighted by molar-refractivity contribution is 0.181. The molecule has 1 aromatic heterocycles. The van der Waals surface area contributed by atoms with E-state index < -0.39 is 0 Å². The van der Waals surface area contributed by atoms with Gasteiger partial charge in [-0.2, -0.15) is 0 Å². The molecule has 0 bridgehead atoms. The number of nitrogens with zero attached hydrogens (tertiary/aromatic N) is 2. The normalized spacial score (nSPS) is 17.1. The van der Waals surface area contributed by atoms with Gasteiger partial charge in [-0.15, -0.1) is 11.3 Å². The summed E-state index contributed by atoms with van der Waals surface area (Å²) < 4.78 is 5.19. The molecule has 0 unspecified atom stereocenters. The Labute approximate surface area is 120 Å². The predicted molar refractivity (Wildman–Crippen MR) is 80.6 cm³/mol. The van der Waals surface area contributed by atoms with Gasteiger partial charge in [0.25, 0.3) is 0 Å². The van der Waals surface area contributed by atoms with Crippen LogP contribution in [0.25, 0.3) is 0 Å². The van der Waals surface area contributed by atoms with E-state index in [1.807, 2.05) is 0 Å². The smallest absolute Gasteiger partial charge is 0.185 e. The van der Waals surface area contributed by atoms with Crippen molar-refractivity contribution in [3.8, 4) is 0 Å². The third-order valence-electron chi connectivity index (χ3n) is 3.82. The maximum absolute atomic E-state index is 5.78. The molecule has 2 N–H and O–H groups in total. The summed E-state index contributed by atoms with van der Waals surface area (Å²) in [6, 6.07) is 0. The maximum atomic E-state index is 5.78. The molecule has 0 saturated carbocycles. The van der Waals surface area contributed by atoms with Crippen LogP contribution in [0.1, 0.15) is 43.2 Å². The van der Waals surface area contributed by atoms with Crippen LogP contribution in [0.2, 0.25) is 0 Å². The number of piperidine rings is 1. The molecular formula is C14H25N3OS. The van der Waals surface area contributed by atoms with E-state index in [2.05, 4.69) is 11.8 Å². The molecular weight excluding hydrogens is 258 g/mol. The van der Waals surface area contributed by atoms with E-state index in [4.69, 9.17) is 15.5 Å². The second-order valence-electron chi connectivity index (χ2n) is 5.22. The number of methoxy groups -OCH3 is 1. The van der Waals surface area contributed by atoms with Gasteiger partial charge in [-0.1, -0.05) is 19.8 Å². The molecule has 5 heteroatoms. The highest BCUT2D eigenvalue weighted by atomic mass is 32.1. The van der Waals surface area contributed by atoms with Crippen molar-refractivity contribution in [3.05, 3.63) is 10.6 Å². The molecule has 2 heterocycles. The zero-order valence-electron chi connectivity index (χ0n) is 12.0. The number of hydrogen-bond acceptors (Lipinski definition) is 5. The zero-order chi connectivity index (χ0) is 13.7. The van der Waals surface area contributed by atoms with Crippen LogP contribution in [0.5, 0.6) is 0 Å². The summed E-state index contributed by atoms with van der Waals surface area (Å²) >= 11 is 1.73. The first-order chi connectivity index (χ1) is 9.28. The SMILES string of the molecule is CCCC1CCN(c2nc(COC)c(CN)s2)CC1. The number of anilines is 1. The Morgan fingerprint density at radius 1 is 1.42 bits per heavy atom. The van der Waals surface area contributed by atoms with Crippen LogP contribution in [0.15, 0.2) is 0 Å². The molecule has 1 aliphatic heterocycles. The van der Waals surface area contributed by atoms with E-state index in [0.717, 1.165) is 34.7 Å². The number of rotatable bonds is 6. The lowest BCUT2D eigenvalue weighted by Crippen LogP contribution is -2.33. The van der Waals surface area contributed by atoms with Crippen LogP contribution in [0.3, 0.4) is 0 Å². The summed E-state index contributed by atoms with van der Waals surface area (Å²) in [5.41, 5.74) is 6.80. The summed E-state index contributed by atoms with van der Waals surface area (Å²) in [5, 5.41) is 1.13. The summed E-state index contributed by atoms with van der Waals surface area (Å²) in [7, 11) is 1.70. The monoisotopic (exact) mass is 283 g/mol. The number of nitrogens with two attached hydrogens (primary N) is 1. The van der Waals surface area contributed by atoms with Crippen molar-refractivity contribution in [2.75, 3.05) is 25.1 Å². The topological polar surface area (TPSA) is 51.4 Å². The molecule has 0 radical (unpaired) electrons. The van der Waals surface area contributed by atoms with E-state index in [1.54, 1.807) is 18.4 Å². The lowest BCUT2D eigenvalue weighted by atomic mass is 9.93. The Kier molecular flexibility index (Phi) is 5.60. The van der Waals surface area contributed by atoms with Gasteiger partial charge >= 0.3 is 0 Å². The Morgan fingerprint density at radius 3 is 2.74 bits per heavy atom. The van der Waals surface area contributed by atoms with Gasteiger partial charge < -0.3 is 15.4 Å². The average molecular weight is 283 g/mol. The van der Waals surface area contributed by atoms with E-state index in [-0.39, 0.29) is 0 Å². The fourth-order valence-electron chi connectivity index (χ4n) is 2.74. The minimum absolute atomic E-state index is 0.558. The van der Waals surface area contributed by atoms with Crippen molar-refractivity contribution in [2.24, 2.45) is 11.7 Å². The van der Waals surface area contributed by atoms with E-state index in [0.29, 0.717) is 13.2 Å². The quantitative estimate of drug-likeness (QED) is 0.872. The number of aromatic nitrogens is 1. The van der Waals surface area contributed by atoms with E-state index >= 15 is 0 Å². The zero-order valence-corrected chi connectivity index (χ0v) is 12.8. The van der Waals surface area contributed by atoms with Crippen molar-refractivity contribution in [1.82, 2.24) is 4.98 Å². The maximum Gasteiger partial charge on any atom is 0.185 e. The molecule has 19 heavy (non-hydrogen) atoms. The first-order valence-electron chi connectivity index (χ1n) is 7.21. The summed E-state index contributed by atoms with van der Waals surface area (Å²) in [4.78, 5) is 8.28. The van der Waals surface area contributed by atoms with Crippen molar-refractivity contribution in [2.45, 2.75) is 45.8 Å². The fraction of sp³-hybridized carbons (Fsp3) is 0.786.